The molecular formula is C10H14BrN3S. The molecule has 0 atom stereocenters. The second-order valence-electron chi connectivity index (χ2n) is 3.24. The molecule has 82 valence electrons. The highest BCUT2D eigenvalue weighted by molar-refractivity contribution is 9.08. The number of anilines is 1. The molecule has 0 N–H and O–H groups in total. The van der Waals surface area contributed by atoms with Crippen molar-refractivity contribution in [2.24, 2.45) is 0 Å². The second-order valence-corrected chi connectivity index (χ2v) is 4.68. The number of aromatic nitrogens is 2. The molecule has 0 spiro atoms. The number of thiazole rings is 1. The number of halogens is 1. The van der Waals surface area contributed by atoms with Gasteiger partial charge >= 0.3 is 0 Å². The van der Waals surface area contributed by atoms with Gasteiger partial charge in [-0.15, -0.1) is 11.3 Å². The van der Waals surface area contributed by atoms with Gasteiger partial charge in [-0.05, 0) is 13.8 Å². The van der Waals surface area contributed by atoms with Gasteiger partial charge in [0.1, 0.15) is 0 Å². The Morgan fingerprint density at radius 3 is 2.80 bits per heavy atom. The van der Waals surface area contributed by atoms with Crippen LogP contribution in [0.25, 0.3) is 4.96 Å². The monoisotopic (exact) mass is 287 g/mol. The molecule has 0 aliphatic heterocycles. The van der Waals surface area contributed by atoms with Crippen molar-refractivity contribution in [3.8, 4) is 0 Å². The zero-order chi connectivity index (χ0) is 10.8. The zero-order valence-electron chi connectivity index (χ0n) is 8.90. The van der Waals surface area contributed by atoms with Crippen LogP contribution in [0.5, 0.6) is 0 Å². The summed E-state index contributed by atoms with van der Waals surface area (Å²) in [6.07, 6.45) is 2.08. The van der Waals surface area contributed by atoms with Gasteiger partial charge < -0.3 is 4.90 Å². The van der Waals surface area contributed by atoms with Crippen LogP contribution in [0.3, 0.4) is 0 Å². The fourth-order valence-corrected chi connectivity index (χ4v) is 2.97. The van der Waals surface area contributed by atoms with Crippen molar-refractivity contribution in [2.75, 3.05) is 18.0 Å². The van der Waals surface area contributed by atoms with Gasteiger partial charge in [-0.2, -0.15) is 0 Å². The maximum absolute atomic E-state index is 4.66. The molecule has 0 radical (unpaired) electrons. The van der Waals surface area contributed by atoms with E-state index in [1.54, 1.807) is 11.3 Å². The Morgan fingerprint density at radius 1 is 1.47 bits per heavy atom. The van der Waals surface area contributed by atoms with Crippen LogP contribution in [-0.4, -0.2) is 22.5 Å². The van der Waals surface area contributed by atoms with E-state index in [0.717, 1.165) is 29.2 Å². The van der Waals surface area contributed by atoms with Gasteiger partial charge in [0.2, 0.25) is 0 Å². The van der Waals surface area contributed by atoms with Crippen molar-refractivity contribution < 1.29 is 0 Å². The van der Waals surface area contributed by atoms with Crippen molar-refractivity contribution in [1.82, 2.24) is 9.38 Å². The number of fused-ring (bicyclic) bond motifs is 1. The van der Waals surface area contributed by atoms with Crippen LogP contribution in [0.15, 0.2) is 11.6 Å². The maximum Gasteiger partial charge on any atom is 0.195 e. The van der Waals surface area contributed by atoms with E-state index >= 15 is 0 Å². The quantitative estimate of drug-likeness (QED) is 0.806. The van der Waals surface area contributed by atoms with Crippen molar-refractivity contribution in [2.45, 2.75) is 19.2 Å². The Morgan fingerprint density at radius 2 is 2.20 bits per heavy atom. The van der Waals surface area contributed by atoms with Gasteiger partial charge in [-0.1, -0.05) is 15.9 Å². The lowest BCUT2D eigenvalue weighted by Gasteiger charge is -2.19. The van der Waals surface area contributed by atoms with Crippen molar-refractivity contribution in [3.63, 3.8) is 0 Å². The number of imidazole rings is 1. The van der Waals surface area contributed by atoms with Gasteiger partial charge in [-0.25, -0.2) is 4.98 Å². The fraction of sp³-hybridized carbons (Fsp3) is 0.500. The van der Waals surface area contributed by atoms with E-state index in [1.807, 2.05) is 0 Å². The summed E-state index contributed by atoms with van der Waals surface area (Å²) < 4.78 is 2.16. The number of hydrogen-bond acceptors (Lipinski definition) is 3. The molecule has 0 amide bonds. The molecule has 5 heteroatoms. The summed E-state index contributed by atoms with van der Waals surface area (Å²) in [5, 5.41) is 2.91. The predicted molar refractivity (Wildman–Crippen MR) is 69.3 cm³/mol. The molecule has 0 saturated heterocycles. The molecule has 0 bridgehead atoms. The van der Waals surface area contributed by atoms with Gasteiger partial charge in [-0.3, -0.25) is 4.40 Å². The first kappa shape index (κ1) is 11.0. The average Bonchev–Trinajstić information content (AvgIpc) is 2.79. The number of rotatable bonds is 4. The van der Waals surface area contributed by atoms with Gasteiger partial charge in [0.15, 0.2) is 10.8 Å². The molecule has 0 unspecified atom stereocenters. The molecule has 0 aliphatic rings. The molecule has 3 nitrogen and oxygen atoms in total. The van der Waals surface area contributed by atoms with Gasteiger partial charge in [0.25, 0.3) is 0 Å². The van der Waals surface area contributed by atoms with Crippen LogP contribution < -0.4 is 4.90 Å². The van der Waals surface area contributed by atoms with Crippen LogP contribution in [0, 0.1) is 0 Å². The third kappa shape index (κ3) is 1.78. The smallest absolute Gasteiger partial charge is 0.195 e. The first-order valence-electron chi connectivity index (χ1n) is 5.07. The largest absolute Gasteiger partial charge is 0.356 e. The number of alkyl halides is 1. The molecule has 0 fully saturated rings. The Bertz CT molecular complexity index is 444. The topological polar surface area (TPSA) is 20.5 Å². The van der Waals surface area contributed by atoms with E-state index in [4.69, 9.17) is 0 Å². The SMILES string of the molecule is CCN(CC)c1nc2sccn2c1CBr. The highest BCUT2D eigenvalue weighted by Gasteiger charge is 2.15. The fourth-order valence-electron chi connectivity index (χ4n) is 1.72. The van der Waals surface area contributed by atoms with Crippen LogP contribution in [0.2, 0.25) is 0 Å². The highest BCUT2D eigenvalue weighted by atomic mass is 79.9. The summed E-state index contributed by atoms with van der Waals surface area (Å²) in [5.41, 5.74) is 1.25. The summed E-state index contributed by atoms with van der Waals surface area (Å²) in [7, 11) is 0. The van der Waals surface area contributed by atoms with E-state index < -0.39 is 0 Å². The normalized spacial score (nSPS) is 11.1. The lowest BCUT2D eigenvalue weighted by Crippen LogP contribution is -2.23. The minimum absolute atomic E-state index is 0.844. The van der Waals surface area contributed by atoms with E-state index in [0.29, 0.717) is 0 Å². The summed E-state index contributed by atoms with van der Waals surface area (Å²) in [6, 6.07) is 0. The maximum atomic E-state index is 4.66. The lowest BCUT2D eigenvalue weighted by atomic mass is 10.4. The summed E-state index contributed by atoms with van der Waals surface area (Å²) >= 11 is 5.22. The van der Waals surface area contributed by atoms with Gasteiger partial charge in [0.05, 0.1) is 5.69 Å². The Kier molecular flexibility index (Phi) is 3.31. The minimum atomic E-state index is 0.844. The van der Waals surface area contributed by atoms with Crippen LogP contribution in [-0.2, 0) is 5.33 Å². The molecule has 2 rings (SSSR count). The van der Waals surface area contributed by atoms with Crippen molar-refractivity contribution in [1.29, 1.82) is 0 Å². The lowest BCUT2D eigenvalue weighted by molar-refractivity contribution is 0.844. The van der Waals surface area contributed by atoms with Crippen molar-refractivity contribution in [3.05, 3.63) is 17.3 Å². The Labute approximate surface area is 102 Å². The molecule has 2 heterocycles. The number of nitrogens with zero attached hydrogens (tertiary/aromatic N) is 3. The molecule has 0 aliphatic carbocycles. The third-order valence-corrected chi connectivity index (χ3v) is 3.82. The van der Waals surface area contributed by atoms with Gasteiger partial charge in [0, 0.05) is 30.0 Å². The van der Waals surface area contributed by atoms with Crippen LogP contribution in [0.4, 0.5) is 5.82 Å². The van der Waals surface area contributed by atoms with E-state index in [-0.39, 0.29) is 0 Å². The molecule has 0 aromatic carbocycles. The van der Waals surface area contributed by atoms with E-state index in [2.05, 4.69) is 55.6 Å². The number of hydrogen-bond donors (Lipinski definition) is 0. The molecule has 0 saturated carbocycles. The average molecular weight is 288 g/mol. The Balaban J connectivity index is 2.53. The minimum Gasteiger partial charge on any atom is -0.356 e. The summed E-state index contributed by atoms with van der Waals surface area (Å²) in [4.78, 5) is 8.03. The van der Waals surface area contributed by atoms with Crippen LogP contribution in [0.1, 0.15) is 19.5 Å². The highest BCUT2D eigenvalue weighted by Crippen LogP contribution is 2.26. The summed E-state index contributed by atoms with van der Waals surface area (Å²) in [6.45, 7) is 6.33. The molecular weight excluding hydrogens is 274 g/mol. The van der Waals surface area contributed by atoms with E-state index in [9.17, 15) is 0 Å². The second kappa shape index (κ2) is 4.53. The first-order valence-corrected chi connectivity index (χ1v) is 7.07. The third-order valence-electron chi connectivity index (χ3n) is 2.53. The first-order chi connectivity index (χ1) is 7.31. The summed E-state index contributed by atoms with van der Waals surface area (Å²) in [5.74, 6) is 1.11. The Hall–Kier alpha value is -0.550. The van der Waals surface area contributed by atoms with Crippen molar-refractivity contribution >= 4 is 38.0 Å². The predicted octanol–water partition coefficient (Wildman–Crippen LogP) is 3.14. The van der Waals surface area contributed by atoms with E-state index in [1.165, 1.54) is 5.69 Å². The zero-order valence-corrected chi connectivity index (χ0v) is 11.3. The molecule has 2 aromatic heterocycles. The standard InChI is InChI=1S/C10H14BrN3S/c1-3-13(4-2)9-8(7-11)14-5-6-15-10(14)12-9/h5-6H,3-4,7H2,1-2H3. The molecule has 2 aromatic rings. The van der Waals surface area contributed by atoms with Crippen LogP contribution >= 0.6 is 27.3 Å². The molecule has 15 heavy (non-hydrogen) atoms.